The molecule has 0 aliphatic rings. The Morgan fingerprint density at radius 1 is 1.44 bits per heavy atom. The van der Waals surface area contributed by atoms with Gasteiger partial charge in [-0.15, -0.1) is 5.10 Å². The second kappa shape index (κ2) is 4.67. The van der Waals surface area contributed by atoms with Gasteiger partial charge in [-0.3, -0.25) is 4.72 Å². The summed E-state index contributed by atoms with van der Waals surface area (Å²) in [6.45, 7) is 0. The highest BCUT2D eigenvalue weighted by Crippen LogP contribution is 2.19. The molecular weight excluding hydrogens is 279 g/mol. The highest BCUT2D eigenvalue weighted by atomic mass is 32.2. The number of hydrogen-bond acceptors (Lipinski definition) is 6. The van der Waals surface area contributed by atoms with E-state index in [0.29, 0.717) is 0 Å². The molecule has 0 bridgehead atoms. The number of hydrogen-bond donors (Lipinski definition) is 1. The maximum atomic E-state index is 13.1. The zero-order chi connectivity index (χ0) is 13.2. The smallest absolute Gasteiger partial charge is 0.262 e. The van der Waals surface area contributed by atoms with Gasteiger partial charge in [0.05, 0.1) is 16.7 Å². The second-order valence-electron chi connectivity index (χ2n) is 3.14. The fourth-order valence-corrected chi connectivity index (χ4v) is 2.87. The van der Waals surface area contributed by atoms with Crippen LogP contribution in [0.1, 0.15) is 5.56 Å². The van der Waals surface area contributed by atoms with Crippen molar-refractivity contribution < 1.29 is 12.8 Å². The van der Waals surface area contributed by atoms with Crippen molar-refractivity contribution >= 4 is 26.6 Å². The SMILES string of the molecule is N#Cc1cc(S(=O)(=O)Nc2cnns2)ccc1F. The first-order valence-electron chi connectivity index (χ1n) is 4.53. The van der Waals surface area contributed by atoms with Crippen molar-refractivity contribution in [1.29, 1.82) is 5.26 Å². The van der Waals surface area contributed by atoms with Crippen molar-refractivity contribution in [2.24, 2.45) is 0 Å². The standard InChI is InChI=1S/C9H5FN4O2S2/c10-8-2-1-7(3-6(8)4-11)18(15,16)13-9-5-12-14-17-9/h1-3,5,13H. The number of nitrogens with one attached hydrogen (secondary N) is 1. The molecule has 0 spiro atoms. The van der Waals surface area contributed by atoms with E-state index in [0.717, 1.165) is 29.7 Å². The van der Waals surface area contributed by atoms with Crippen LogP contribution in [-0.2, 0) is 10.0 Å². The van der Waals surface area contributed by atoms with Gasteiger partial charge in [-0.1, -0.05) is 4.49 Å². The molecule has 0 saturated heterocycles. The number of halogens is 1. The van der Waals surface area contributed by atoms with Gasteiger partial charge in [-0.2, -0.15) is 5.26 Å². The van der Waals surface area contributed by atoms with Crippen LogP contribution in [0.25, 0.3) is 0 Å². The third-order valence-corrected chi connectivity index (χ3v) is 4.04. The molecule has 9 heteroatoms. The van der Waals surface area contributed by atoms with Crippen molar-refractivity contribution in [2.45, 2.75) is 4.90 Å². The Bertz CT molecular complexity index is 707. The zero-order valence-electron chi connectivity index (χ0n) is 8.66. The molecule has 18 heavy (non-hydrogen) atoms. The summed E-state index contributed by atoms with van der Waals surface area (Å²) in [6, 6.07) is 4.55. The van der Waals surface area contributed by atoms with Crippen LogP contribution < -0.4 is 4.72 Å². The molecule has 0 saturated carbocycles. The van der Waals surface area contributed by atoms with Gasteiger partial charge >= 0.3 is 0 Å². The highest BCUT2D eigenvalue weighted by molar-refractivity contribution is 7.93. The van der Waals surface area contributed by atoms with Gasteiger partial charge in [0.2, 0.25) is 0 Å². The Kier molecular flexibility index (Phi) is 3.22. The number of rotatable bonds is 3. The van der Waals surface area contributed by atoms with Crippen molar-refractivity contribution in [3.63, 3.8) is 0 Å². The molecule has 2 rings (SSSR count). The molecule has 1 heterocycles. The number of sulfonamides is 1. The first-order chi connectivity index (χ1) is 8.53. The number of anilines is 1. The monoisotopic (exact) mass is 284 g/mol. The molecule has 6 nitrogen and oxygen atoms in total. The third kappa shape index (κ3) is 2.44. The third-order valence-electron chi connectivity index (χ3n) is 1.96. The summed E-state index contributed by atoms with van der Waals surface area (Å²) in [6.07, 6.45) is 1.25. The number of nitriles is 1. The first kappa shape index (κ1) is 12.4. The van der Waals surface area contributed by atoms with Crippen LogP contribution in [0, 0.1) is 17.1 Å². The molecule has 0 amide bonds. The van der Waals surface area contributed by atoms with Crippen molar-refractivity contribution in [2.75, 3.05) is 4.72 Å². The zero-order valence-corrected chi connectivity index (χ0v) is 10.3. The summed E-state index contributed by atoms with van der Waals surface area (Å²) in [5.41, 5.74) is -0.333. The van der Waals surface area contributed by atoms with Gasteiger partial charge in [0.1, 0.15) is 16.9 Å². The number of aromatic nitrogens is 2. The van der Waals surface area contributed by atoms with E-state index >= 15 is 0 Å². The maximum absolute atomic E-state index is 13.1. The molecule has 2 aromatic rings. The Morgan fingerprint density at radius 2 is 2.22 bits per heavy atom. The molecular formula is C9H5FN4O2S2. The van der Waals surface area contributed by atoms with Gasteiger partial charge in [0.15, 0.2) is 0 Å². The molecule has 0 radical (unpaired) electrons. The minimum atomic E-state index is -3.87. The number of benzene rings is 1. The maximum Gasteiger partial charge on any atom is 0.262 e. The Balaban J connectivity index is 2.39. The van der Waals surface area contributed by atoms with Crippen LogP contribution in [0.3, 0.4) is 0 Å². The van der Waals surface area contributed by atoms with Crippen LogP contribution in [0.2, 0.25) is 0 Å². The van der Waals surface area contributed by atoms with Crippen molar-refractivity contribution in [1.82, 2.24) is 9.59 Å². The van der Waals surface area contributed by atoms with Gasteiger partial charge < -0.3 is 0 Å². The van der Waals surface area contributed by atoms with E-state index in [1.807, 2.05) is 0 Å². The average Bonchev–Trinajstić information content (AvgIpc) is 2.81. The molecule has 1 N–H and O–H groups in total. The fraction of sp³-hybridized carbons (Fsp3) is 0. The second-order valence-corrected chi connectivity index (χ2v) is 5.61. The minimum Gasteiger partial charge on any atom is -0.268 e. The van der Waals surface area contributed by atoms with Crippen LogP contribution in [0.4, 0.5) is 9.39 Å². The van der Waals surface area contributed by atoms with Gasteiger partial charge in [0.25, 0.3) is 10.0 Å². The fourth-order valence-electron chi connectivity index (χ4n) is 1.16. The van der Waals surface area contributed by atoms with E-state index in [1.54, 1.807) is 6.07 Å². The van der Waals surface area contributed by atoms with E-state index in [9.17, 15) is 12.8 Å². The lowest BCUT2D eigenvalue weighted by atomic mass is 10.2. The lowest BCUT2D eigenvalue weighted by Gasteiger charge is -2.05. The van der Waals surface area contributed by atoms with Crippen LogP contribution >= 0.6 is 11.5 Å². The Hall–Kier alpha value is -2.05. The topological polar surface area (TPSA) is 95.7 Å². The lowest BCUT2D eigenvalue weighted by Crippen LogP contribution is -2.12. The van der Waals surface area contributed by atoms with E-state index in [-0.39, 0.29) is 15.5 Å². The quantitative estimate of drug-likeness (QED) is 0.917. The van der Waals surface area contributed by atoms with E-state index in [4.69, 9.17) is 5.26 Å². The number of nitrogens with zero attached hydrogens (tertiary/aromatic N) is 3. The summed E-state index contributed by atoms with van der Waals surface area (Å²) < 4.78 is 42.6. The highest BCUT2D eigenvalue weighted by Gasteiger charge is 2.17. The molecule has 0 aliphatic carbocycles. The summed E-state index contributed by atoms with van der Waals surface area (Å²) in [5.74, 6) is -0.768. The molecule has 0 atom stereocenters. The first-order valence-corrected chi connectivity index (χ1v) is 6.78. The predicted octanol–water partition coefficient (Wildman–Crippen LogP) is 1.35. The Morgan fingerprint density at radius 3 is 2.83 bits per heavy atom. The van der Waals surface area contributed by atoms with Gasteiger partial charge in [0, 0.05) is 11.5 Å². The summed E-state index contributed by atoms with van der Waals surface area (Å²) >= 11 is 0.867. The minimum absolute atomic E-state index is 0.200. The van der Waals surface area contributed by atoms with Crippen molar-refractivity contribution in [3.05, 3.63) is 35.8 Å². The van der Waals surface area contributed by atoms with E-state index in [2.05, 4.69) is 14.3 Å². The molecule has 92 valence electrons. The largest absolute Gasteiger partial charge is 0.268 e. The molecule has 1 aromatic heterocycles. The summed E-state index contributed by atoms with van der Waals surface area (Å²) in [7, 11) is -3.87. The van der Waals surface area contributed by atoms with Crippen LogP contribution in [0.15, 0.2) is 29.3 Å². The summed E-state index contributed by atoms with van der Waals surface area (Å²) in [4.78, 5) is -0.200. The molecule has 1 aromatic carbocycles. The van der Waals surface area contributed by atoms with E-state index < -0.39 is 15.8 Å². The molecule has 0 unspecified atom stereocenters. The summed E-state index contributed by atoms with van der Waals surface area (Å²) in [5, 5.41) is 12.4. The van der Waals surface area contributed by atoms with Gasteiger partial charge in [-0.05, 0) is 18.2 Å². The lowest BCUT2D eigenvalue weighted by molar-refractivity contribution is 0.599. The van der Waals surface area contributed by atoms with Crippen LogP contribution in [-0.4, -0.2) is 18.0 Å². The van der Waals surface area contributed by atoms with E-state index in [1.165, 1.54) is 6.20 Å². The predicted molar refractivity (Wildman–Crippen MR) is 61.8 cm³/mol. The normalized spacial score (nSPS) is 10.9. The Labute approximate surface area is 106 Å². The van der Waals surface area contributed by atoms with Gasteiger partial charge in [-0.25, -0.2) is 12.8 Å². The molecule has 0 fully saturated rings. The molecule has 0 aliphatic heterocycles. The van der Waals surface area contributed by atoms with Crippen LogP contribution in [0.5, 0.6) is 0 Å². The average molecular weight is 284 g/mol. The van der Waals surface area contributed by atoms with Crippen molar-refractivity contribution in [3.8, 4) is 6.07 Å².